The van der Waals surface area contributed by atoms with Gasteiger partial charge < -0.3 is 4.57 Å². The Balaban J connectivity index is 1.19. The summed E-state index contributed by atoms with van der Waals surface area (Å²) >= 11 is 0. The zero-order chi connectivity index (χ0) is 42.1. The molecule has 0 unspecified atom stereocenters. The van der Waals surface area contributed by atoms with Gasteiger partial charge in [-0.3, -0.25) is 0 Å². The lowest BCUT2D eigenvalue weighted by Crippen LogP contribution is -2.02. The lowest BCUT2D eigenvalue weighted by Gasteiger charge is -2.17. The van der Waals surface area contributed by atoms with Crippen LogP contribution in [0.2, 0.25) is 0 Å². The Morgan fingerprint density at radius 1 is 0.333 bits per heavy atom. The number of hydrogen-bond acceptors (Lipinski definition) is 4. The first-order valence-corrected chi connectivity index (χ1v) is 20.8. The summed E-state index contributed by atoms with van der Waals surface area (Å²) in [7, 11) is 0. The lowest BCUT2D eigenvalue weighted by atomic mass is 9.99. The van der Waals surface area contributed by atoms with Gasteiger partial charge in [-0.05, 0) is 59.7 Å². The standard InChI is InChI=1S/C57H36N6/c1-58-45-26-16-25-42(33-45)43-29-31-54-47(34-43)46-27-14-15-28-53(46)63(54)55-32-30-44(51-36-49(38-17-6-2-7-18-38)59-56(61-51)40-21-10-4-11-22-40)35-48(55)52-37-50(39-19-8-3-9-20-39)60-57(62-52)41-23-12-5-13-24-41/h2-37H. The van der Waals surface area contributed by atoms with Gasteiger partial charge in [0.1, 0.15) is 0 Å². The van der Waals surface area contributed by atoms with Crippen molar-refractivity contribution in [1.82, 2.24) is 24.5 Å². The summed E-state index contributed by atoms with van der Waals surface area (Å²) in [6.07, 6.45) is 0. The number of fused-ring (bicyclic) bond motifs is 3. The molecule has 0 aliphatic carbocycles. The summed E-state index contributed by atoms with van der Waals surface area (Å²) in [5.74, 6) is 1.29. The van der Waals surface area contributed by atoms with Crippen LogP contribution in [0.15, 0.2) is 218 Å². The maximum absolute atomic E-state index is 7.63. The highest BCUT2D eigenvalue weighted by Gasteiger charge is 2.21. The Labute approximate surface area is 365 Å². The molecule has 6 nitrogen and oxygen atoms in total. The van der Waals surface area contributed by atoms with Crippen LogP contribution in [0.1, 0.15) is 0 Å². The minimum absolute atomic E-state index is 0.616. The smallest absolute Gasteiger partial charge is 0.187 e. The maximum atomic E-state index is 7.63. The van der Waals surface area contributed by atoms with Gasteiger partial charge in [-0.25, -0.2) is 24.8 Å². The van der Waals surface area contributed by atoms with Crippen LogP contribution in [0, 0.1) is 6.57 Å². The average Bonchev–Trinajstić information content (AvgIpc) is 3.70. The molecule has 0 saturated heterocycles. The van der Waals surface area contributed by atoms with E-state index in [0.717, 1.165) is 94.8 Å². The molecule has 11 aromatic rings. The molecule has 8 aromatic carbocycles. The largest absolute Gasteiger partial charge is 0.309 e. The van der Waals surface area contributed by atoms with E-state index in [9.17, 15) is 0 Å². The number of aromatic nitrogens is 5. The van der Waals surface area contributed by atoms with E-state index in [1.165, 1.54) is 0 Å². The van der Waals surface area contributed by atoms with E-state index in [-0.39, 0.29) is 0 Å². The van der Waals surface area contributed by atoms with Gasteiger partial charge in [-0.15, -0.1) is 0 Å². The van der Waals surface area contributed by atoms with Crippen molar-refractivity contribution in [2.24, 2.45) is 0 Å². The van der Waals surface area contributed by atoms with Crippen LogP contribution >= 0.6 is 0 Å². The number of hydrogen-bond donors (Lipinski definition) is 0. The van der Waals surface area contributed by atoms with Crippen LogP contribution in [-0.4, -0.2) is 24.5 Å². The fourth-order valence-electron chi connectivity index (χ4n) is 8.39. The number of benzene rings is 8. The fraction of sp³-hybridized carbons (Fsp3) is 0. The van der Waals surface area contributed by atoms with E-state index in [2.05, 4.69) is 137 Å². The summed E-state index contributed by atoms with van der Waals surface area (Å²) in [4.78, 5) is 24.6. The van der Waals surface area contributed by atoms with E-state index < -0.39 is 0 Å². The highest BCUT2D eigenvalue weighted by Crippen LogP contribution is 2.41. The molecular weight excluding hydrogens is 769 g/mol. The quantitative estimate of drug-likeness (QED) is 0.144. The van der Waals surface area contributed by atoms with Gasteiger partial charge in [0.25, 0.3) is 0 Å². The molecule has 0 N–H and O–H groups in total. The Bertz CT molecular complexity index is 3390. The maximum Gasteiger partial charge on any atom is 0.187 e. The second-order valence-corrected chi connectivity index (χ2v) is 15.4. The molecule has 11 rings (SSSR count). The molecule has 0 aliphatic heterocycles. The van der Waals surface area contributed by atoms with Crippen LogP contribution < -0.4 is 0 Å². The third-order valence-electron chi connectivity index (χ3n) is 11.4. The second kappa shape index (κ2) is 16.0. The van der Waals surface area contributed by atoms with Gasteiger partial charge >= 0.3 is 0 Å². The molecule has 3 aromatic heterocycles. The van der Waals surface area contributed by atoms with Crippen LogP contribution in [0.3, 0.4) is 0 Å². The number of nitrogens with zero attached hydrogens (tertiary/aromatic N) is 6. The first-order chi connectivity index (χ1) is 31.2. The predicted molar refractivity (Wildman–Crippen MR) is 256 cm³/mol. The SMILES string of the molecule is [C-]#[N+]c1cccc(-c2ccc3c(c2)c2ccccc2n3-c2ccc(-c3cc(-c4ccccc4)nc(-c4ccccc4)n3)cc2-c2cc(-c3ccccc3)nc(-c3ccccc3)n2)c1. The monoisotopic (exact) mass is 804 g/mol. The summed E-state index contributed by atoms with van der Waals surface area (Å²) < 4.78 is 2.35. The summed E-state index contributed by atoms with van der Waals surface area (Å²) in [6.45, 7) is 7.63. The van der Waals surface area contributed by atoms with Gasteiger partial charge in [0.2, 0.25) is 0 Å². The third kappa shape index (κ3) is 7.10. The van der Waals surface area contributed by atoms with Crippen molar-refractivity contribution in [2.45, 2.75) is 0 Å². The fourth-order valence-corrected chi connectivity index (χ4v) is 8.39. The topological polar surface area (TPSA) is 60.9 Å². The molecule has 6 heteroatoms. The first-order valence-electron chi connectivity index (χ1n) is 20.8. The molecule has 0 radical (unpaired) electrons. The lowest BCUT2D eigenvalue weighted by molar-refractivity contribution is 1.15. The molecular formula is C57H36N6. The normalized spacial score (nSPS) is 11.2. The van der Waals surface area contributed by atoms with Crippen molar-refractivity contribution in [2.75, 3.05) is 0 Å². The van der Waals surface area contributed by atoms with Crippen molar-refractivity contribution < 1.29 is 0 Å². The minimum Gasteiger partial charge on any atom is -0.309 e. The molecule has 294 valence electrons. The van der Waals surface area contributed by atoms with Gasteiger partial charge in [0.05, 0.1) is 46.1 Å². The zero-order valence-corrected chi connectivity index (χ0v) is 34.0. The van der Waals surface area contributed by atoms with E-state index in [1.807, 2.05) is 91.0 Å². The predicted octanol–water partition coefficient (Wildman–Crippen LogP) is 14.6. The van der Waals surface area contributed by atoms with Gasteiger partial charge in [0.15, 0.2) is 17.3 Å². The minimum atomic E-state index is 0.616. The van der Waals surface area contributed by atoms with Crippen molar-refractivity contribution in [3.8, 4) is 84.6 Å². The van der Waals surface area contributed by atoms with E-state index in [1.54, 1.807) is 0 Å². The molecule has 0 aliphatic rings. The Hall–Kier alpha value is -8.79. The molecule has 0 amide bonds. The molecule has 0 spiro atoms. The van der Waals surface area contributed by atoms with Gasteiger partial charge in [-0.1, -0.05) is 170 Å². The molecule has 3 heterocycles. The molecule has 0 saturated carbocycles. The number of para-hydroxylation sites is 1. The van der Waals surface area contributed by atoms with Crippen molar-refractivity contribution in [3.05, 3.63) is 230 Å². The summed E-state index contributed by atoms with van der Waals surface area (Å²) in [5.41, 5.74) is 14.7. The van der Waals surface area contributed by atoms with Crippen molar-refractivity contribution in [3.63, 3.8) is 0 Å². The third-order valence-corrected chi connectivity index (χ3v) is 11.4. The Kier molecular flexibility index (Phi) is 9.45. The van der Waals surface area contributed by atoms with Crippen LogP contribution in [0.4, 0.5) is 5.69 Å². The van der Waals surface area contributed by atoms with Crippen LogP contribution in [0.5, 0.6) is 0 Å². The Morgan fingerprint density at radius 3 is 1.43 bits per heavy atom. The van der Waals surface area contributed by atoms with Crippen molar-refractivity contribution in [1.29, 1.82) is 0 Å². The molecule has 0 fully saturated rings. The van der Waals surface area contributed by atoms with Gasteiger partial charge in [0, 0.05) is 44.2 Å². The summed E-state index contributed by atoms with van der Waals surface area (Å²) in [5, 5.41) is 2.24. The van der Waals surface area contributed by atoms with E-state index >= 15 is 0 Å². The molecule has 0 bridgehead atoms. The highest BCUT2D eigenvalue weighted by molar-refractivity contribution is 6.11. The first kappa shape index (κ1) is 37.2. The molecule has 0 atom stereocenters. The molecule has 63 heavy (non-hydrogen) atoms. The van der Waals surface area contributed by atoms with E-state index in [4.69, 9.17) is 26.5 Å². The van der Waals surface area contributed by atoms with Crippen LogP contribution in [0.25, 0.3) is 111 Å². The number of rotatable bonds is 8. The summed E-state index contributed by atoms with van der Waals surface area (Å²) in [6, 6.07) is 74.6. The average molecular weight is 805 g/mol. The van der Waals surface area contributed by atoms with Gasteiger partial charge in [-0.2, -0.15) is 0 Å². The Morgan fingerprint density at radius 2 is 0.810 bits per heavy atom. The van der Waals surface area contributed by atoms with Crippen LogP contribution in [-0.2, 0) is 0 Å². The zero-order valence-electron chi connectivity index (χ0n) is 34.0. The second-order valence-electron chi connectivity index (χ2n) is 15.4. The van der Waals surface area contributed by atoms with E-state index in [0.29, 0.717) is 17.3 Å². The highest BCUT2D eigenvalue weighted by atomic mass is 15.0. The van der Waals surface area contributed by atoms with Crippen molar-refractivity contribution >= 4 is 27.5 Å².